The van der Waals surface area contributed by atoms with Crippen LogP contribution in [0.25, 0.3) is 21.0 Å². The lowest BCUT2D eigenvalue weighted by Crippen LogP contribution is -2.26. The van der Waals surface area contributed by atoms with Crippen molar-refractivity contribution < 1.29 is 18.4 Å². The van der Waals surface area contributed by atoms with Gasteiger partial charge < -0.3 is 14.6 Å². The van der Waals surface area contributed by atoms with Gasteiger partial charge in [0.2, 0.25) is 11.7 Å². The number of rotatable bonds is 5. The molecule has 0 bridgehead atoms. The van der Waals surface area contributed by atoms with Crippen molar-refractivity contribution in [3.8, 4) is 16.6 Å². The van der Waals surface area contributed by atoms with Gasteiger partial charge in [-0.05, 0) is 49.4 Å². The van der Waals surface area contributed by atoms with Crippen molar-refractivity contribution in [1.29, 1.82) is 0 Å². The number of amides is 1. The molecule has 2 heterocycles. The molecule has 0 saturated heterocycles. The molecule has 4 rings (SSSR count). The Balaban J connectivity index is 1.52. The second-order valence-corrected chi connectivity index (χ2v) is 7.04. The quantitative estimate of drug-likeness (QED) is 0.547. The average Bonchev–Trinajstić information content (AvgIpc) is 3.34. The van der Waals surface area contributed by atoms with Gasteiger partial charge in [0.25, 0.3) is 5.91 Å². The number of ether oxygens (including phenoxy) is 1. The van der Waals surface area contributed by atoms with Gasteiger partial charge in [0.1, 0.15) is 17.6 Å². The maximum Gasteiger partial charge on any atom is 0.251 e. The molecule has 4 aromatic rings. The molecule has 1 amide bonds. The number of nitrogens with one attached hydrogen (secondary N) is 1. The first-order chi connectivity index (χ1) is 13.5. The van der Waals surface area contributed by atoms with Crippen LogP contribution in [-0.4, -0.2) is 28.1 Å². The highest BCUT2D eigenvalue weighted by Crippen LogP contribution is 2.31. The van der Waals surface area contributed by atoms with Gasteiger partial charge in [0.15, 0.2) is 5.01 Å². The van der Waals surface area contributed by atoms with Crippen molar-refractivity contribution in [2.75, 3.05) is 7.11 Å². The molecule has 0 unspecified atom stereocenters. The smallest absolute Gasteiger partial charge is 0.251 e. The molecule has 9 heteroatoms. The molecule has 0 aliphatic heterocycles. The molecule has 1 N–H and O–H groups in total. The number of nitrogens with zero attached hydrogens (tertiary/aromatic N) is 3. The highest BCUT2D eigenvalue weighted by atomic mass is 32.1. The summed E-state index contributed by atoms with van der Waals surface area (Å²) in [6, 6.07) is 10.3. The monoisotopic (exact) mass is 398 g/mol. The van der Waals surface area contributed by atoms with Crippen LogP contribution in [0.1, 0.15) is 29.2 Å². The lowest BCUT2D eigenvalue weighted by molar-refractivity contribution is 0.0932. The van der Waals surface area contributed by atoms with Gasteiger partial charge >= 0.3 is 0 Å². The summed E-state index contributed by atoms with van der Waals surface area (Å²) >= 11 is 1.42. The van der Waals surface area contributed by atoms with E-state index in [4.69, 9.17) is 9.26 Å². The van der Waals surface area contributed by atoms with Gasteiger partial charge in [-0.15, -0.1) is 11.3 Å². The normalized spacial score (nSPS) is 12.1. The van der Waals surface area contributed by atoms with E-state index < -0.39 is 11.9 Å². The number of carbonyl (C=O) groups excluding carboxylic acids is 1. The number of hydrogen-bond donors (Lipinski definition) is 1. The van der Waals surface area contributed by atoms with Gasteiger partial charge in [-0.25, -0.2) is 9.37 Å². The zero-order chi connectivity index (χ0) is 19.7. The second-order valence-electron chi connectivity index (χ2n) is 6.01. The summed E-state index contributed by atoms with van der Waals surface area (Å²) in [5, 5.41) is 7.32. The fraction of sp³-hybridized carbons (Fsp3) is 0.158. The third-order valence-electron chi connectivity index (χ3n) is 4.05. The zero-order valence-corrected chi connectivity index (χ0v) is 15.8. The number of aromatic nitrogens is 3. The fourth-order valence-corrected chi connectivity index (χ4v) is 3.49. The summed E-state index contributed by atoms with van der Waals surface area (Å²) in [6.45, 7) is 1.72. The average molecular weight is 398 g/mol. The zero-order valence-electron chi connectivity index (χ0n) is 15.0. The van der Waals surface area contributed by atoms with Gasteiger partial charge in [-0.2, -0.15) is 4.98 Å². The maximum atomic E-state index is 13.0. The van der Waals surface area contributed by atoms with E-state index in [9.17, 15) is 9.18 Å². The Bertz CT molecular complexity index is 1140. The van der Waals surface area contributed by atoms with Gasteiger partial charge in [0, 0.05) is 5.56 Å². The molecule has 28 heavy (non-hydrogen) atoms. The number of methoxy groups -OCH3 is 1. The van der Waals surface area contributed by atoms with Crippen molar-refractivity contribution in [2.45, 2.75) is 13.0 Å². The minimum Gasteiger partial charge on any atom is -0.497 e. The minimum atomic E-state index is -0.520. The summed E-state index contributed by atoms with van der Waals surface area (Å²) in [4.78, 5) is 21.1. The summed E-state index contributed by atoms with van der Waals surface area (Å²) in [7, 11) is 1.61. The highest BCUT2D eigenvalue weighted by molar-refractivity contribution is 7.21. The summed E-state index contributed by atoms with van der Waals surface area (Å²) < 4.78 is 24.4. The Morgan fingerprint density at radius 3 is 2.75 bits per heavy atom. The Hall–Kier alpha value is -3.33. The molecule has 0 fully saturated rings. The molecule has 1 atom stereocenters. The molecule has 2 aromatic carbocycles. The van der Waals surface area contributed by atoms with Crippen LogP contribution < -0.4 is 10.1 Å². The van der Waals surface area contributed by atoms with E-state index in [0.717, 1.165) is 16.0 Å². The Morgan fingerprint density at radius 1 is 1.21 bits per heavy atom. The van der Waals surface area contributed by atoms with E-state index in [1.165, 1.54) is 35.6 Å². The third kappa shape index (κ3) is 3.56. The first-order valence-corrected chi connectivity index (χ1v) is 9.20. The van der Waals surface area contributed by atoms with Crippen molar-refractivity contribution in [3.05, 3.63) is 59.7 Å². The predicted molar refractivity (Wildman–Crippen MR) is 102 cm³/mol. The van der Waals surface area contributed by atoms with Crippen molar-refractivity contribution in [1.82, 2.24) is 20.4 Å². The second kappa shape index (κ2) is 7.35. The Kier molecular flexibility index (Phi) is 4.74. The molecule has 7 nitrogen and oxygen atoms in total. The van der Waals surface area contributed by atoms with Crippen LogP contribution in [0.4, 0.5) is 4.39 Å². The molecule has 0 aliphatic rings. The highest BCUT2D eigenvalue weighted by Gasteiger charge is 2.20. The minimum absolute atomic E-state index is 0.252. The van der Waals surface area contributed by atoms with Crippen LogP contribution >= 0.6 is 11.3 Å². The number of hydrogen-bond acceptors (Lipinski definition) is 7. The molecule has 0 aliphatic carbocycles. The first-order valence-electron chi connectivity index (χ1n) is 8.38. The molecule has 0 saturated carbocycles. The third-order valence-corrected chi connectivity index (χ3v) is 5.07. The number of benzene rings is 2. The van der Waals surface area contributed by atoms with Crippen LogP contribution in [0, 0.1) is 5.82 Å². The van der Waals surface area contributed by atoms with E-state index in [0.29, 0.717) is 16.4 Å². The van der Waals surface area contributed by atoms with E-state index in [-0.39, 0.29) is 11.8 Å². The molecular weight excluding hydrogens is 383 g/mol. The van der Waals surface area contributed by atoms with Crippen molar-refractivity contribution >= 4 is 27.5 Å². The Morgan fingerprint density at radius 2 is 2.00 bits per heavy atom. The lowest BCUT2D eigenvalue weighted by Gasteiger charge is -2.09. The molecular formula is C19H15FN4O3S. The fourth-order valence-electron chi connectivity index (χ4n) is 2.57. The summed E-state index contributed by atoms with van der Waals surface area (Å²) in [5.41, 5.74) is 1.15. The van der Waals surface area contributed by atoms with Gasteiger partial charge in [-0.1, -0.05) is 5.16 Å². The molecule has 2 aromatic heterocycles. The van der Waals surface area contributed by atoms with Gasteiger partial charge in [-0.3, -0.25) is 4.79 Å². The number of thiazole rings is 1. The van der Waals surface area contributed by atoms with E-state index in [1.54, 1.807) is 14.0 Å². The molecule has 0 spiro atoms. The largest absolute Gasteiger partial charge is 0.497 e. The van der Waals surface area contributed by atoms with Crippen molar-refractivity contribution in [3.63, 3.8) is 0 Å². The number of halogens is 1. The lowest BCUT2D eigenvalue weighted by atomic mass is 10.2. The predicted octanol–water partition coefficient (Wildman–Crippen LogP) is 3.99. The van der Waals surface area contributed by atoms with Crippen LogP contribution in [0.3, 0.4) is 0 Å². The first kappa shape index (κ1) is 18.1. The van der Waals surface area contributed by atoms with E-state index in [2.05, 4.69) is 20.4 Å². The molecule has 0 radical (unpaired) electrons. The van der Waals surface area contributed by atoms with Gasteiger partial charge in [0.05, 0.1) is 17.3 Å². The van der Waals surface area contributed by atoms with Crippen LogP contribution in [-0.2, 0) is 0 Å². The van der Waals surface area contributed by atoms with E-state index in [1.807, 2.05) is 18.2 Å². The number of carbonyl (C=O) groups is 1. The summed E-state index contributed by atoms with van der Waals surface area (Å²) in [6.07, 6.45) is 0. The SMILES string of the molecule is COc1ccc2nc(-c3noc([C@H](C)NC(=O)c4ccc(F)cc4)n3)sc2c1. The summed E-state index contributed by atoms with van der Waals surface area (Å²) in [5.74, 6) is 0.577. The number of fused-ring (bicyclic) bond motifs is 1. The van der Waals surface area contributed by atoms with E-state index >= 15 is 0 Å². The van der Waals surface area contributed by atoms with Crippen LogP contribution in [0.15, 0.2) is 47.0 Å². The standard InChI is InChI=1S/C19H15FN4O3S/c1-10(21-17(25)11-3-5-12(20)6-4-11)18-23-16(24-27-18)19-22-14-8-7-13(26-2)9-15(14)28-19/h3-10H,1-2H3,(H,21,25)/t10-/m0/s1. The van der Waals surface area contributed by atoms with Crippen LogP contribution in [0.5, 0.6) is 5.75 Å². The van der Waals surface area contributed by atoms with Crippen molar-refractivity contribution in [2.24, 2.45) is 0 Å². The Labute approximate surface area is 163 Å². The molecule has 142 valence electrons. The topological polar surface area (TPSA) is 90.1 Å². The van der Waals surface area contributed by atoms with Crippen LogP contribution in [0.2, 0.25) is 0 Å². The maximum absolute atomic E-state index is 13.0.